The van der Waals surface area contributed by atoms with Crippen LogP contribution in [0.25, 0.3) is 0 Å². The SMILES string of the molecule is Cc1ccc(N=Cc2ccc(CN(Cc3ccc(Cl)c(Cl)c3)S(=O)(=O)c3ccc(Cl)cc3)o2)cc1Cl. The average Bonchev–Trinajstić information content (AvgIpc) is 3.29. The molecular formula is C26H20Cl4N2O3S. The minimum absolute atomic E-state index is 0.0184. The first-order chi connectivity index (χ1) is 17.1. The average molecular weight is 582 g/mol. The van der Waals surface area contributed by atoms with Crippen LogP contribution in [0.3, 0.4) is 0 Å². The third-order valence-corrected chi connectivity index (χ3v) is 8.51. The second-order valence-corrected chi connectivity index (χ2v) is 11.6. The van der Waals surface area contributed by atoms with Gasteiger partial charge >= 0.3 is 0 Å². The van der Waals surface area contributed by atoms with Gasteiger partial charge in [-0.05, 0) is 78.7 Å². The van der Waals surface area contributed by atoms with Crippen LogP contribution in [0.15, 0.2) is 87.1 Å². The molecule has 3 aromatic carbocycles. The molecule has 0 N–H and O–H groups in total. The van der Waals surface area contributed by atoms with E-state index in [9.17, 15) is 8.42 Å². The summed E-state index contributed by atoms with van der Waals surface area (Å²) in [6.45, 7) is 1.94. The first-order valence-corrected chi connectivity index (χ1v) is 13.7. The molecule has 1 heterocycles. The number of aryl methyl sites for hydroxylation is 1. The Hall–Kier alpha value is -2.32. The standard InChI is InChI=1S/C26H20Cl4N2O3S/c1-17-2-6-20(13-25(17)29)31-14-21-7-8-22(35-21)16-32(15-18-3-11-24(28)26(30)12-18)36(33,34)23-9-4-19(27)5-10-23/h2-14H,15-16H2,1H3. The molecule has 0 aliphatic carbocycles. The molecule has 10 heteroatoms. The summed E-state index contributed by atoms with van der Waals surface area (Å²) in [5, 5.41) is 1.79. The molecule has 0 saturated heterocycles. The molecule has 0 fully saturated rings. The number of hydrogen-bond donors (Lipinski definition) is 0. The van der Waals surface area contributed by atoms with E-state index in [1.165, 1.54) is 28.6 Å². The molecule has 0 spiro atoms. The first kappa shape index (κ1) is 26.7. The maximum Gasteiger partial charge on any atom is 0.243 e. The zero-order valence-corrected chi connectivity index (χ0v) is 22.8. The Morgan fingerprint density at radius 1 is 0.833 bits per heavy atom. The lowest BCUT2D eigenvalue weighted by atomic mass is 10.2. The smallest absolute Gasteiger partial charge is 0.243 e. The highest BCUT2D eigenvalue weighted by Gasteiger charge is 2.26. The molecule has 0 radical (unpaired) electrons. The monoisotopic (exact) mass is 580 g/mol. The molecule has 0 bridgehead atoms. The quantitative estimate of drug-likeness (QED) is 0.196. The van der Waals surface area contributed by atoms with E-state index in [4.69, 9.17) is 50.8 Å². The van der Waals surface area contributed by atoms with Gasteiger partial charge in [-0.2, -0.15) is 4.31 Å². The number of aliphatic imine (C=N–C) groups is 1. The van der Waals surface area contributed by atoms with Gasteiger partial charge in [0.15, 0.2) is 0 Å². The summed E-state index contributed by atoms with van der Waals surface area (Å²) in [4.78, 5) is 4.49. The summed E-state index contributed by atoms with van der Waals surface area (Å²) in [6, 6.07) is 19.9. The van der Waals surface area contributed by atoms with E-state index >= 15 is 0 Å². The van der Waals surface area contributed by atoms with Crippen molar-refractivity contribution in [2.45, 2.75) is 24.9 Å². The van der Waals surface area contributed by atoms with Gasteiger partial charge in [-0.3, -0.25) is 4.99 Å². The minimum atomic E-state index is -3.90. The Kier molecular flexibility index (Phi) is 8.45. The molecule has 0 saturated carbocycles. The number of halogens is 4. The maximum atomic E-state index is 13.5. The van der Waals surface area contributed by atoms with Crippen LogP contribution in [0.4, 0.5) is 5.69 Å². The Bertz CT molecular complexity index is 1520. The second kappa shape index (κ2) is 11.4. The minimum Gasteiger partial charge on any atom is -0.459 e. The van der Waals surface area contributed by atoms with Gasteiger partial charge in [0.2, 0.25) is 10.0 Å². The van der Waals surface area contributed by atoms with Crippen molar-refractivity contribution in [3.63, 3.8) is 0 Å². The molecule has 0 aliphatic rings. The summed E-state index contributed by atoms with van der Waals surface area (Å²) in [5.41, 5.74) is 2.31. The first-order valence-electron chi connectivity index (χ1n) is 10.7. The predicted molar refractivity (Wildman–Crippen MR) is 146 cm³/mol. The van der Waals surface area contributed by atoms with Crippen LogP contribution in [0.5, 0.6) is 0 Å². The molecule has 1 aromatic heterocycles. The topological polar surface area (TPSA) is 62.9 Å². The molecule has 0 unspecified atom stereocenters. The molecule has 186 valence electrons. The van der Waals surface area contributed by atoms with Crippen LogP contribution >= 0.6 is 46.4 Å². The van der Waals surface area contributed by atoms with Crippen molar-refractivity contribution in [1.82, 2.24) is 4.31 Å². The van der Waals surface area contributed by atoms with Gasteiger partial charge in [0, 0.05) is 16.6 Å². The fourth-order valence-electron chi connectivity index (χ4n) is 3.35. The van der Waals surface area contributed by atoms with Gasteiger partial charge in [0.1, 0.15) is 11.5 Å². The van der Waals surface area contributed by atoms with Crippen molar-refractivity contribution in [2.75, 3.05) is 0 Å². The summed E-state index contributed by atoms with van der Waals surface area (Å²) in [6.07, 6.45) is 1.56. The van der Waals surface area contributed by atoms with E-state index in [0.29, 0.717) is 42.9 Å². The fraction of sp³-hybridized carbons (Fsp3) is 0.115. The Morgan fingerprint density at radius 3 is 2.28 bits per heavy atom. The highest BCUT2D eigenvalue weighted by Crippen LogP contribution is 2.27. The number of furan rings is 1. The zero-order valence-electron chi connectivity index (χ0n) is 19.0. The molecule has 0 amide bonds. The number of benzene rings is 3. The largest absolute Gasteiger partial charge is 0.459 e. The van der Waals surface area contributed by atoms with Crippen LogP contribution in [0.1, 0.15) is 22.6 Å². The van der Waals surface area contributed by atoms with Gasteiger partial charge < -0.3 is 4.42 Å². The summed E-state index contributed by atoms with van der Waals surface area (Å²) < 4.78 is 34.2. The van der Waals surface area contributed by atoms with Crippen molar-refractivity contribution in [1.29, 1.82) is 0 Å². The fourth-order valence-corrected chi connectivity index (χ4v) is 5.36. The predicted octanol–water partition coefficient (Wildman–Crippen LogP) is 8.34. The van der Waals surface area contributed by atoms with E-state index in [1.54, 1.807) is 42.6 Å². The lowest BCUT2D eigenvalue weighted by molar-refractivity contribution is 0.357. The highest BCUT2D eigenvalue weighted by molar-refractivity contribution is 7.89. The summed E-state index contributed by atoms with van der Waals surface area (Å²) in [7, 11) is -3.90. The van der Waals surface area contributed by atoms with E-state index in [2.05, 4.69) is 4.99 Å². The van der Waals surface area contributed by atoms with Gasteiger partial charge in [0.25, 0.3) is 0 Å². The molecule has 4 aromatic rings. The molecule has 0 aliphatic heterocycles. The Labute approximate surface area is 229 Å². The highest BCUT2D eigenvalue weighted by atomic mass is 35.5. The van der Waals surface area contributed by atoms with Crippen molar-refractivity contribution >= 4 is 68.3 Å². The van der Waals surface area contributed by atoms with Crippen LogP contribution in [-0.4, -0.2) is 18.9 Å². The maximum absolute atomic E-state index is 13.5. The van der Waals surface area contributed by atoms with Gasteiger partial charge in [-0.25, -0.2) is 8.42 Å². The molecule has 36 heavy (non-hydrogen) atoms. The van der Waals surface area contributed by atoms with Crippen molar-refractivity contribution in [3.8, 4) is 0 Å². The van der Waals surface area contributed by atoms with Gasteiger partial charge in [-0.15, -0.1) is 0 Å². The normalized spacial score (nSPS) is 12.1. The lowest BCUT2D eigenvalue weighted by Crippen LogP contribution is -2.30. The molecule has 4 rings (SSSR count). The number of sulfonamides is 1. The summed E-state index contributed by atoms with van der Waals surface area (Å²) in [5.74, 6) is 0.913. The van der Waals surface area contributed by atoms with Crippen LogP contribution < -0.4 is 0 Å². The Balaban J connectivity index is 1.60. The van der Waals surface area contributed by atoms with Crippen molar-refractivity contribution in [2.24, 2.45) is 4.99 Å². The molecule has 0 atom stereocenters. The third kappa shape index (κ3) is 6.51. The lowest BCUT2D eigenvalue weighted by Gasteiger charge is -2.22. The zero-order chi connectivity index (χ0) is 25.9. The summed E-state index contributed by atoms with van der Waals surface area (Å²) >= 11 is 24.3. The van der Waals surface area contributed by atoms with Crippen molar-refractivity contribution in [3.05, 3.63) is 116 Å². The molecule has 5 nitrogen and oxygen atoms in total. The van der Waals surface area contributed by atoms with E-state index in [1.807, 2.05) is 19.1 Å². The van der Waals surface area contributed by atoms with Crippen LogP contribution in [0, 0.1) is 6.92 Å². The number of rotatable bonds is 8. The van der Waals surface area contributed by atoms with Crippen LogP contribution in [0.2, 0.25) is 20.1 Å². The second-order valence-electron chi connectivity index (χ2n) is 7.97. The Morgan fingerprint density at radius 2 is 1.58 bits per heavy atom. The van der Waals surface area contributed by atoms with Gasteiger partial charge in [0.05, 0.1) is 33.4 Å². The van der Waals surface area contributed by atoms with E-state index < -0.39 is 10.0 Å². The van der Waals surface area contributed by atoms with Gasteiger partial charge in [-0.1, -0.05) is 58.5 Å². The number of hydrogen-bond acceptors (Lipinski definition) is 4. The van der Waals surface area contributed by atoms with Crippen molar-refractivity contribution < 1.29 is 12.8 Å². The molecular weight excluding hydrogens is 562 g/mol. The van der Waals surface area contributed by atoms with Crippen LogP contribution in [-0.2, 0) is 23.1 Å². The van der Waals surface area contributed by atoms with E-state index in [-0.39, 0.29) is 18.0 Å². The third-order valence-electron chi connectivity index (χ3n) is 5.31. The number of nitrogens with zero attached hydrogens (tertiary/aromatic N) is 2. The van der Waals surface area contributed by atoms with E-state index in [0.717, 1.165) is 5.56 Å².